The highest BCUT2D eigenvalue weighted by atomic mass is 16.4. The largest absolute Gasteiger partial charge is 0.419 e. The molecule has 0 radical (unpaired) electrons. The number of aromatic nitrogens is 1. The van der Waals surface area contributed by atoms with Gasteiger partial charge in [-0.05, 0) is 25.3 Å². The Bertz CT molecular complexity index is 1030. The maximum Gasteiger partial charge on any atom is 0.419 e. The Kier molecular flexibility index (Phi) is 6.14. The number of oxazole rings is 1. The van der Waals surface area contributed by atoms with Crippen LogP contribution in [0.2, 0.25) is 0 Å². The monoisotopic (exact) mass is 405 g/mol. The summed E-state index contributed by atoms with van der Waals surface area (Å²) in [6, 6.07) is 18.3. The van der Waals surface area contributed by atoms with Crippen molar-refractivity contribution in [2.24, 2.45) is 0 Å². The second-order valence-electron chi connectivity index (χ2n) is 7.96. The molecule has 1 aromatic heterocycles. The molecule has 0 atom stereocenters. The Hall–Kier alpha value is -3.12. The Morgan fingerprint density at radius 1 is 1.07 bits per heavy atom. The SMILES string of the molecule is Cc1ccc(-c2cn(CC(=O)NC3CCN(Cc4ccccc4)CC3)c(=O)o2)cc1. The van der Waals surface area contributed by atoms with Crippen LogP contribution >= 0.6 is 0 Å². The average Bonchev–Trinajstić information content (AvgIpc) is 3.11. The Morgan fingerprint density at radius 3 is 2.47 bits per heavy atom. The van der Waals surface area contributed by atoms with Crippen molar-refractivity contribution in [3.8, 4) is 11.3 Å². The predicted molar refractivity (Wildman–Crippen MR) is 116 cm³/mol. The highest BCUT2D eigenvalue weighted by Gasteiger charge is 2.21. The number of nitrogens with one attached hydrogen (secondary N) is 1. The molecule has 4 rings (SSSR count). The molecule has 0 unspecified atom stereocenters. The summed E-state index contributed by atoms with van der Waals surface area (Å²) in [4.78, 5) is 27.0. The minimum absolute atomic E-state index is 0.0293. The van der Waals surface area contributed by atoms with E-state index in [1.807, 2.05) is 37.3 Å². The first-order valence-corrected chi connectivity index (χ1v) is 10.4. The molecule has 1 aliphatic rings. The molecule has 0 aliphatic carbocycles. The van der Waals surface area contributed by atoms with E-state index in [-0.39, 0.29) is 18.5 Å². The van der Waals surface area contributed by atoms with Crippen molar-refractivity contribution in [1.82, 2.24) is 14.8 Å². The lowest BCUT2D eigenvalue weighted by molar-refractivity contribution is -0.122. The average molecular weight is 405 g/mol. The fourth-order valence-electron chi connectivity index (χ4n) is 3.84. The summed E-state index contributed by atoms with van der Waals surface area (Å²) in [5, 5.41) is 3.07. The minimum atomic E-state index is -0.515. The first kappa shape index (κ1) is 20.2. The molecule has 6 nitrogen and oxygen atoms in total. The van der Waals surface area contributed by atoms with Gasteiger partial charge in [0, 0.05) is 31.2 Å². The molecule has 30 heavy (non-hydrogen) atoms. The van der Waals surface area contributed by atoms with Gasteiger partial charge < -0.3 is 9.73 Å². The number of likely N-dealkylation sites (tertiary alicyclic amines) is 1. The Morgan fingerprint density at radius 2 is 1.77 bits per heavy atom. The number of aryl methyl sites for hydroxylation is 1. The van der Waals surface area contributed by atoms with E-state index in [1.54, 1.807) is 6.20 Å². The number of carbonyl (C=O) groups is 1. The number of hydrogen-bond acceptors (Lipinski definition) is 4. The molecular formula is C24H27N3O3. The third-order valence-electron chi connectivity index (χ3n) is 5.56. The van der Waals surface area contributed by atoms with Gasteiger partial charge in [-0.1, -0.05) is 60.2 Å². The lowest BCUT2D eigenvalue weighted by atomic mass is 10.0. The van der Waals surface area contributed by atoms with E-state index in [1.165, 1.54) is 10.1 Å². The van der Waals surface area contributed by atoms with Crippen LogP contribution < -0.4 is 11.1 Å². The van der Waals surface area contributed by atoms with Gasteiger partial charge in [0.05, 0.1) is 6.20 Å². The molecular weight excluding hydrogens is 378 g/mol. The Labute approximate surface area is 176 Å². The van der Waals surface area contributed by atoms with Crippen LogP contribution in [-0.2, 0) is 17.9 Å². The second kappa shape index (κ2) is 9.13. The van der Waals surface area contributed by atoms with E-state index in [9.17, 15) is 9.59 Å². The van der Waals surface area contributed by atoms with E-state index in [2.05, 4.69) is 34.5 Å². The zero-order chi connectivity index (χ0) is 20.9. The molecule has 1 N–H and O–H groups in total. The normalized spacial score (nSPS) is 15.2. The molecule has 1 amide bonds. The highest BCUT2D eigenvalue weighted by molar-refractivity contribution is 5.76. The fraction of sp³-hybridized carbons (Fsp3) is 0.333. The Balaban J connectivity index is 1.28. The molecule has 2 aromatic carbocycles. The topological polar surface area (TPSA) is 67.5 Å². The van der Waals surface area contributed by atoms with E-state index in [4.69, 9.17) is 4.42 Å². The summed E-state index contributed by atoms with van der Waals surface area (Å²) in [7, 11) is 0. The number of carbonyl (C=O) groups excluding carboxylic acids is 1. The van der Waals surface area contributed by atoms with Crippen LogP contribution in [0.4, 0.5) is 0 Å². The molecule has 0 bridgehead atoms. The molecule has 3 aromatic rings. The number of nitrogens with zero attached hydrogens (tertiary/aromatic N) is 2. The summed E-state index contributed by atoms with van der Waals surface area (Å²) in [5.41, 5.74) is 3.26. The zero-order valence-corrected chi connectivity index (χ0v) is 17.2. The van der Waals surface area contributed by atoms with Crippen molar-refractivity contribution < 1.29 is 9.21 Å². The van der Waals surface area contributed by atoms with Gasteiger partial charge in [-0.25, -0.2) is 4.79 Å². The number of amides is 1. The number of rotatable bonds is 6. The van der Waals surface area contributed by atoms with E-state index >= 15 is 0 Å². The summed E-state index contributed by atoms with van der Waals surface area (Å²) in [6.45, 7) is 4.81. The summed E-state index contributed by atoms with van der Waals surface area (Å²) in [5.74, 6) is -0.199. The first-order chi connectivity index (χ1) is 14.6. The van der Waals surface area contributed by atoms with Crippen molar-refractivity contribution >= 4 is 5.91 Å². The zero-order valence-electron chi connectivity index (χ0n) is 17.2. The van der Waals surface area contributed by atoms with Gasteiger partial charge in [0.2, 0.25) is 5.91 Å². The second-order valence-corrected chi connectivity index (χ2v) is 7.96. The fourth-order valence-corrected chi connectivity index (χ4v) is 3.84. The van der Waals surface area contributed by atoms with Crippen LogP contribution in [0.3, 0.4) is 0 Å². The van der Waals surface area contributed by atoms with Crippen LogP contribution in [0.15, 0.2) is 70.0 Å². The molecule has 2 heterocycles. The molecule has 156 valence electrons. The third kappa shape index (κ3) is 5.07. The van der Waals surface area contributed by atoms with E-state index in [0.717, 1.165) is 43.6 Å². The van der Waals surface area contributed by atoms with Crippen LogP contribution in [0.1, 0.15) is 24.0 Å². The van der Waals surface area contributed by atoms with Gasteiger partial charge in [0.15, 0.2) is 5.76 Å². The highest BCUT2D eigenvalue weighted by Crippen LogP contribution is 2.18. The minimum Gasteiger partial charge on any atom is -0.408 e. The maximum absolute atomic E-state index is 12.5. The maximum atomic E-state index is 12.5. The van der Waals surface area contributed by atoms with Crippen LogP contribution in [0.25, 0.3) is 11.3 Å². The molecule has 1 aliphatic heterocycles. The molecule has 1 saturated heterocycles. The van der Waals surface area contributed by atoms with Gasteiger partial charge in [-0.2, -0.15) is 0 Å². The smallest absolute Gasteiger partial charge is 0.408 e. The number of benzene rings is 2. The first-order valence-electron chi connectivity index (χ1n) is 10.4. The van der Waals surface area contributed by atoms with Crippen molar-refractivity contribution in [3.63, 3.8) is 0 Å². The third-order valence-corrected chi connectivity index (χ3v) is 5.56. The van der Waals surface area contributed by atoms with Gasteiger partial charge in [0.1, 0.15) is 6.54 Å². The van der Waals surface area contributed by atoms with Crippen molar-refractivity contribution in [2.75, 3.05) is 13.1 Å². The lowest BCUT2D eigenvalue weighted by Crippen LogP contribution is -2.45. The van der Waals surface area contributed by atoms with Crippen LogP contribution in [0.5, 0.6) is 0 Å². The van der Waals surface area contributed by atoms with Gasteiger partial charge >= 0.3 is 5.76 Å². The van der Waals surface area contributed by atoms with Gasteiger partial charge in [-0.15, -0.1) is 0 Å². The summed E-state index contributed by atoms with van der Waals surface area (Å²) < 4.78 is 6.65. The standard InChI is InChI=1S/C24H27N3O3/c1-18-7-9-20(10-8-18)22-16-27(24(29)30-22)17-23(28)25-21-11-13-26(14-12-21)15-19-5-3-2-4-6-19/h2-10,16,21H,11-15,17H2,1H3,(H,25,28). The summed E-state index contributed by atoms with van der Waals surface area (Å²) >= 11 is 0. The van der Waals surface area contributed by atoms with Gasteiger partial charge in [0.25, 0.3) is 0 Å². The van der Waals surface area contributed by atoms with Crippen molar-refractivity contribution in [2.45, 2.75) is 38.9 Å². The number of hydrogen-bond donors (Lipinski definition) is 1. The van der Waals surface area contributed by atoms with Gasteiger partial charge in [-0.3, -0.25) is 14.3 Å². The molecule has 1 fully saturated rings. The quantitative estimate of drug-likeness (QED) is 0.684. The van der Waals surface area contributed by atoms with E-state index in [0.29, 0.717) is 5.76 Å². The predicted octanol–water partition coefficient (Wildman–Crippen LogP) is 3.20. The van der Waals surface area contributed by atoms with Crippen LogP contribution in [-0.4, -0.2) is 34.5 Å². The van der Waals surface area contributed by atoms with E-state index < -0.39 is 5.76 Å². The van der Waals surface area contributed by atoms with Crippen molar-refractivity contribution in [1.29, 1.82) is 0 Å². The lowest BCUT2D eigenvalue weighted by Gasteiger charge is -2.32. The molecule has 0 saturated carbocycles. The number of piperidine rings is 1. The van der Waals surface area contributed by atoms with Crippen LogP contribution in [0, 0.1) is 6.92 Å². The summed E-state index contributed by atoms with van der Waals surface area (Å²) in [6.07, 6.45) is 3.43. The molecule has 0 spiro atoms. The van der Waals surface area contributed by atoms with Crippen molar-refractivity contribution in [3.05, 3.63) is 82.5 Å². The molecule has 6 heteroatoms.